The average molecular weight is 267 g/mol. The van der Waals surface area contributed by atoms with Gasteiger partial charge in [-0.05, 0) is 30.5 Å². The number of ether oxygens (including phenoxy) is 2. The van der Waals surface area contributed by atoms with Crippen molar-refractivity contribution in [2.24, 2.45) is 5.84 Å². The maximum Gasteiger partial charge on any atom is 0.331 e. The molecule has 0 atom stereocenters. The maximum absolute atomic E-state index is 11.3. The third-order valence-electron chi connectivity index (χ3n) is 3.03. The Morgan fingerprint density at radius 2 is 2.05 bits per heavy atom. The van der Waals surface area contributed by atoms with Crippen molar-refractivity contribution in [1.82, 2.24) is 10.3 Å². The highest BCUT2D eigenvalue weighted by Crippen LogP contribution is 2.28. The summed E-state index contributed by atoms with van der Waals surface area (Å²) in [4.78, 5) is 12.8. The van der Waals surface area contributed by atoms with Gasteiger partial charge in [-0.2, -0.15) is 0 Å². The topological polar surface area (TPSA) is 76.8 Å². The van der Waals surface area contributed by atoms with Crippen molar-refractivity contribution in [3.63, 3.8) is 0 Å². The monoisotopic (exact) mass is 267 g/mol. The lowest BCUT2D eigenvalue weighted by Gasteiger charge is -2.18. The molecule has 0 aliphatic heterocycles. The minimum Gasteiger partial charge on any atom is -0.497 e. The molecule has 0 unspecified atom stereocenters. The maximum atomic E-state index is 11.3. The Bertz CT molecular complexity index is 449. The van der Waals surface area contributed by atoms with Crippen LogP contribution in [0.4, 0.5) is 4.79 Å². The van der Waals surface area contributed by atoms with Crippen molar-refractivity contribution in [2.75, 3.05) is 27.8 Å². The number of methoxy groups -OCH3 is 2. The Kier molecular flexibility index (Phi) is 5.44. The predicted octanol–water partition coefficient (Wildman–Crippen LogP) is 1.07. The number of benzene rings is 1. The van der Waals surface area contributed by atoms with Crippen LogP contribution in [0.25, 0.3) is 0 Å². The van der Waals surface area contributed by atoms with Crippen LogP contribution in [0.15, 0.2) is 12.1 Å². The Morgan fingerprint density at radius 1 is 1.37 bits per heavy atom. The summed E-state index contributed by atoms with van der Waals surface area (Å²) in [7, 11) is 4.93. The van der Waals surface area contributed by atoms with Crippen molar-refractivity contribution in [2.45, 2.75) is 13.3 Å². The highest BCUT2D eigenvalue weighted by Gasteiger charge is 2.12. The van der Waals surface area contributed by atoms with E-state index in [9.17, 15) is 4.79 Å². The third-order valence-corrected chi connectivity index (χ3v) is 3.03. The molecule has 106 valence electrons. The van der Waals surface area contributed by atoms with E-state index < -0.39 is 0 Å². The summed E-state index contributed by atoms with van der Waals surface area (Å²) in [5.41, 5.74) is 4.22. The average Bonchev–Trinajstić information content (AvgIpc) is 2.43. The van der Waals surface area contributed by atoms with Gasteiger partial charge in [-0.15, -0.1) is 0 Å². The van der Waals surface area contributed by atoms with Crippen molar-refractivity contribution in [3.8, 4) is 11.5 Å². The smallest absolute Gasteiger partial charge is 0.331 e. The van der Waals surface area contributed by atoms with E-state index in [1.807, 2.05) is 19.1 Å². The number of nitrogens with one attached hydrogen (secondary N) is 1. The number of urea groups is 1. The molecule has 1 aromatic rings. The van der Waals surface area contributed by atoms with E-state index in [1.165, 1.54) is 4.90 Å². The Balaban J connectivity index is 2.86. The van der Waals surface area contributed by atoms with Crippen molar-refractivity contribution in [3.05, 3.63) is 23.3 Å². The first-order valence-electron chi connectivity index (χ1n) is 5.96. The van der Waals surface area contributed by atoms with Crippen LogP contribution in [0.3, 0.4) is 0 Å². The zero-order chi connectivity index (χ0) is 14.4. The molecule has 19 heavy (non-hydrogen) atoms. The molecule has 3 N–H and O–H groups in total. The number of likely N-dealkylation sites (N-methyl/N-ethyl adjacent to an activating group) is 1. The summed E-state index contributed by atoms with van der Waals surface area (Å²) in [5, 5.41) is 0. The van der Waals surface area contributed by atoms with Gasteiger partial charge in [-0.1, -0.05) is 0 Å². The molecule has 2 amide bonds. The molecule has 0 radical (unpaired) electrons. The zero-order valence-electron chi connectivity index (χ0n) is 11.8. The Morgan fingerprint density at radius 3 is 2.58 bits per heavy atom. The number of rotatable bonds is 5. The fourth-order valence-corrected chi connectivity index (χ4v) is 1.86. The van der Waals surface area contributed by atoms with Gasteiger partial charge in [0.1, 0.15) is 11.5 Å². The molecule has 0 aliphatic carbocycles. The van der Waals surface area contributed by atoms with E-state index in [2.05, 4.69) is 5.43 Å². The van der Waals surface area contributed by atoms with Gasteiger partial charge in [0.05, 0.1) is 14.2 Å². The zero-order valence-corrected chi connectivity index (χ0v) is 11.8. The first kappa shape index (κ1) is 15.1. The molecule has 0 saturated carbocycles. The molecule has 1 rings (SSSR count). The summed E-state index contributed by atoms with van der Waals surface area (Å²) >= 11 is 0. The molecular weight excluding hydrogens is 246 g/mol. The number of nitrogens with zero attached hydrogens (tertiary/aromatic N) is 1. The molecule has 0 bridgehead atoms. The molecule has 0 heterocycles. The largest absolute Gasteiger partial charge is 0.497 e. The van der Waals surface area contributed by atoms with E-state index in [1.54, 1.807) is 21.3 Å². The summed E-state index contributed by atoms with van der Waals surface area (Å²) in [5.74, 6) is 6.60. The molecule has 0 saturated heterocycles. The molecule has 6 nitrogen and oxygen atoms in total. The number of aryl methyl sites for hydroxylation is 1. The fourth-order valence-electron chi connectivity index (χ4n) is 1.86. The summed E-state index contributed by atoms with van der Waals surface area (Å²) < 4.78 is 10.6. The summed E-state index contributed by atoms with van der Waals surface area (Å²) in [6, 6.07) is 3.47. The van der Waals surface area contributed by atoms with Gasteiger partial charge < -0.3 is 14.4 Å². The van der Waals surface area contributed by atoms with E-state index in [0.29, 0.717) is 13.0 Å². The van der Waals surface area contributed by atoms with Crippen LogP contribution in [-0.2, 0) is 6.42 Å². The minimum atomic E-state index is -0.315. The molecular formula is C13H21N3O3. The number of hydrogen-bond acceptors (Lipinski definition) is 4. The second-order valence-electron chi connectivity index (χ2n) is 4.25. The molecule has 0 aromatic heterocycles. The quantitative estimate of drug-likeness (QED) is 0.475. The first-order valence-corrected chi connectivity index (χ1v) is 5.96. The second kappa shape index (κ2) is 6.84. The van der Waals surface area contributed by atoms with Gasteiger partial charge in [-0.3, -0.25) is 5.43 Å². The number of hydrogen-bond donors (Lipinski definition) is 2. The van der Waals surface area contributed by atoms with Crippen LogP contribution in [0, 0.1) is 6.92 Å². The van der Waals surface area contributed by atoms with E-state index in [-0.39, 0.29) is 6.03 Å². The lowest BCUT2D eigenvalue weighted by Crippen LogP contribution is -2.42. The van der Waals surface area contributed by atoms with Crippen LogP contribution in [0.2, 0.25) is 0 Å². The molecule has 0 spiro atoms. The van der Waals surface area contributed by atoms with Crippen molar-refractivity contribution >= 4 is 6.03 Å². The standard InChI is InChI=1S/C13H21N3O3/c1-9-7-10(18-3)8-12(19-4)11(9)5-6-16(2)13(17)15-14/h7-8H,5-6,14H2,1-4H3,(H,15,17). The molecule has 6 heteroatoms. The van der Waals surface area contributed by atoms with Gasteiger partial charge >= 0.3 is 6.03 Å². The highest BCUT2D eigenvalue weighted by atomic mass is 16.5. The number of carbonyl (C=O) groups is 1. The predicted molar refractivity (Wildman–Crippen MR) is 73.3 cm³/mol. The molecule has 0 aliphatic rings. The van der Waals surface area contributed by atoms with E-state index in [0.717, 1.165) is 22.6 Å². The van der Waals surface area contributed by atoms with Gasteiger partial charge in [-0.25, -0.2) is 10.6 Å². The van der Waals surface area contributed by atoms with Gasteiger partial charge in [0.2, 0.25) is 0 Å². The summed E-state index contributed by atoms with van der Waals surface area (Å²) in [6.45, 7) is 2.54. The van der Waals surface area contributed by atoms with Crippen LogP contribution in [0.5, 0.6) is 11.5 Å². The van der Waals surface area contributed by atoms with Crippen LogP contribution in [0.1, 0.15) is 11.1 Å². The highest BCUT2D eigenvalue weighted by molar-refractivity contribution is 5.73. The SMILES string of the molecule is COc1cc(C)c(CCN(C)C(=O)NN)c(OC)c1. The third kappa shape index (κ3) is 3.75. The van der Waals surface area contributed by atoms with Gasteiger partial charge in [0, 0.05) is 19.7 Å². The Hall–Kier alpha value is -1.95. The first-order chi connectivity index (χ1) is 9.03. The number of nitrogens with two attached hydrogens (primary N) is 1. The van der Waals surface area contributed by atoms with Crippen LogP contribution >= 0.6 is 0 Å². The van der Waals surface area contributed by atoms with Gasteiger partial charge in [0.25, 0.3) is 0 Å². The van der Waals surface area contributed by atoms with Crippen molar-refractivity contribution in [1.29, 1.82) is 0 Å². The molecule has 0 fully saturated rings. The van der Waals surface area contributed by atoms with E-state index in [4.69, 9.17) is 15.3 Å². The number of hydrazine groups is 1. The van der Waals surface area contributed by atoms with Crippen LogP contribution in [-0.4, -0.2) is 38.7 Å². The minimum absolute atomic E-state index is 0.315. The lowest BCUT2D eigenvalue weighted by molar-refractivity contribution is 0.209. The normalized spacial score (nSPS) is 9.95. The van der Waals surface area contributed by atoms with E-state index >= 15 is 0 Å². The number of amides is 2. The fraction of sp³-hybridized carbons (Fsp3) is 0.462. The van der Waals surface area contributed by atoms with Gasteiger partial charge in [0.15, 0.2) is 0 Å². The molecule has 1 aromatic carbocycles. The van der Waals surface area contributed by atoms with Crippen LogP contribution < -0.4 is 20.7 Å². The van der Waals surface area contributed by atoms with Crippen molar-refractivity contribution < 1.29 is 14.3 Å². The Labute approximate surface area is 113 Å². The number of carbonyl (C=O) groups excluding carboxylic acids is 1. The second-order valence-corrected chi connectivity index (χ2v) is 4.25. The summed E-state index contributed by atoms with van der Waals surface area (Å²) in [6.07, 6.45) is 0.683. The lowest BCUT2D eigenvalue weighted by atomic mass is 10.0.